The predicted molar refractivity (Wildman–Crippen MR) is 81.1 cm³/mol. The highest BCUT2D eigenvalue weighted by Gasteiger charge is 2.16. The van der Waals surface area contributed by atoms with Gasteiger partial charge in [-0.1, -0.05) is 0 Å². The van der Waals surface area contributed by atoms with Crippen LogP contribution in [0, 0.1) is 0 Å². The second-order valence-electron chi connectivity index (χ2n) is 5.14. The number of likely N-dealkylation sites (N-methyl/N-ethyl adjacent to an activating group) is 1. The van der Waals surface area contributed by atoms with E-state index in [1.807, 2.05) is 6.07 Å². The monoisotopic (exact) mass is 277 g/mol. The standard InChI is InChI=1S/C15H23N3O2/c1-3-20-15(19)12-5-6-14(13(16)11-12)18-8-4-7-17(2)9-10-18/h5-6,11H,3-4,7-10,16H2,1-2H3. The molecule has 5 nitrogen and oxygen atoms in total. The van der Waals surface area contributed by atoms with Crippen LogP contribution < -0.4 is 10.6 Å². The SMILES string of the molecule is CCOC(=O)c1ccc(N2CCCN(C)CC2)c(N)c1. The number of nitrogen functional groups attached to an aromatic ring is 1. The Morgan fingerprint density at radius 1 is 1.30 bits per heavy atom. The Kier molecular flexibility index (Phi) is 4.84. The van der Waals surface area contributed by atoms with E-state index >= 15 is 0 Å². The Morgan fingerprint density at radius 2 is 2.10 bits per heavy atom. The third kappa shape index (κ3) is 3.42. The van der Waals surface area contributed by atoms with Gasteiger partial charge >= 0.3 is 5.97 Å². The van der Waals surface area contributed by atoms with E-state index in [2.05, 4.69) is 16.8 Å². The van der Waals surface area contributed by atoms with Crippen molar-refractivity contribution in [2.45, 2.75) is 13.3 Å². The van der Waals surface area contributed by atoms with Crippen molar-refractivity contribution in [2.24, 2.45) is 0 Å². The first kappa shape index (κ1) is 14.7. The molecule has 20 heavy (non-hydrogen) atoms. The molecule has 1 aromatic carbocycles. The van der Waals surface area contributed by atoms with Crippen LogP contribution in [0.25, 0.3) is 0 Å². The Labute approximate surface area is 120 Å². The zero-order valence-corrected chi connectivity index (χ0v) is 12.3. The number of carbonyl (C=O) groups excluding carboxylic acids is 1. The van der Waals surface area contributed by atoms with E-state index in [0.29, 0.717) is 17.9 Å². The number of esters is 1. The first-order valence-electron chi connectivity index (χ1n) is 7.12. The maximum Gasteiger partial charge on any atom is 0.338 e. The molecule has 110 valence electrons. The second kappa shape index (κ2) is 6.61. The number of ether oxygens (including phenoxy) is 1. The summed E-state index contributed by atoms with van der Waals surface area (Å²) in [6, 6.07) is 5.42. The highest BCUT2D eigenvalue weighted by Crippen LogP contribution is 2.25. The molecule has 1 heterocycles. The molecule has 0 atom stereocenters. The van der Waals surface area contributed by atoms with Gasteiger partial charge in [-0.2, -0.15) is 0 Å². The molecule has 1 fully saturated rings. The van der Waals surface area contributed by atoms with Crippen molar-refractivity contribution in [3.8, 4) is 0 Å². The summed E-state index contributed by atoms with van der Waals surface area (Å²) in [5.41, 5.74) is 8.27. The Bertz CT molecular complexity index is 476. The van der Waals surface area contributed by atoms with Crippen molar-refractivity contribution in [1.82, 2.24) is 4.90 Å². The Morgan fingerprint density at radius 3 is 2.80 bits per heavy atom. The second-order valence-corrected chi connectivity index (χ2v) is 5.14. The van der Waals surface area contributed by atoms with Crippen LogP contribution in [-0.4, -0.2) is 50.7 Å². The minimum absolute atomic E-state index is 0.318. The molecule has 0 bridgehead atoms. The van der Waals surface area contributed by atoms with Gasteiger partial charge in [-0.05, 0) is 45.1 Å². The quantitative estimate of drug-likeness (QED) is 0.671. The molecular weight excluding hydrogens is 254 g/mol. The topological polar surface area (TPSA) is 58.8 Å². The number of nitrogens with zero attached hydrogens (tertiary/aromatic N) is 2. The van der Waals surface area contributed by atoms with E-state index in [4.69, 9.17) is 10.5 Å². The van der Waals surface area contributed by atoms with Crippen LogP contribution in [0.5, 0.6) is 0 Å². The first-order chi connectivity index (χ1) is 9.61. The number of hydrogen-bond donors (Lipinski definition) is 1. The largest absolute Gasteiger partial charge is 0.462 e. The summed E-state index contributed by atoms with van der Waals surface area (Å²) in [4.78, 5) is 16.3. The number of nitrogens with two attached hydrogens (primary N) is 1. The normalized spacial score (nSPS) is 16.8. The molecule has 1 aromatic rings. The number of rotatable bonds is 3. The Balaban J connectivity index is 2.14. The highest BCUT2D eigenvalue weighted by molar-refractivity contribution is 5.92. The molecule has 5 heteroatoms. The summed E-state index contributed by atoms with van der Waals surface area (Å²) in [6.07, 6.45) is 1.12. The minimum Gasteiger partial charge on any atom is -0.462 e. The summed E-state index contributed by atoms with van der Waals surface area (Å²) in [5, 5.41) is 0. The van der Waals surface area contributed by atoms with Crippen LogP contribution in [0.15, 0.2) is 18.2 Å². The van der Waals surface area contributed by atoms with E-state index < -0.39 is 0 Å². The fourth-order valence-electron chi connectivity index (χ4n) is 2.47. The van der Waals surface area contributed by atoms with Gasteiger partial charge in [0.25, 0.3) is 0 Å². The third-order valence-electron chi connectivity index (χ3n) is 3.60. The molecule has 0 amide bonds. The predicted octanol–water partition coefficient (Wildman–Crippen LogP) is 1.59. The molecule has 0 radical (unpaired) electrons. The van der Waals surface area contributed by atoms with Crippen molar-refractivity contribution in [3.05, 3.63) is 23.8 Å². The smallest absolute Gasteiger partial charge is 0.338 e. The van der Waals surface area contributed by atoms with Gasteiger partial charge in [-0.15, -0.1) is 0 Å². The van der Waals surface area contributed by atoms with Gasteiger partial charge in [0, 0.05) is 19.6 Å². The van der Waals surface area contributed by atoms with Gasteiger partial charge < -0.3 is 20.3 Å². The summed E-state index contributed by atoms with van der Waals surface area (Å²) < 4.78 is 4.99. The van der Waals surface area contributed by atoms with Crippen LogP contribution in [-0.2, 0) is 4.74 Å². The summed E-state index contributed by atoms with van der Waals surface area (Å²) in [7, 11) is 2.14. The summed E-state index contributed by atoms with van der Waals surface area (Å²) >= 11 is 0. The molecule has 1 aliphatic heterocycles. The highest BCUT2D eigenvalue weighted by atomic mass is 16.5. The zero-order chi connectivity index (χ0) is 14.5. The number of carbonyl (C=O) groups is 1. The molecule has 0 aromatic heterocycles. The number of benzene rings is 1. The molecule has 2 rings (SSSR count). The lowest BCUT2D eigenvalue weighted by molar-refractivity contribution is 0.0526. The molecule has 2 N–H and O–H groups in total. The molecule has 0 spiro atoms. The summed E-state index contributed by atoms with van der Waals surface area (Å²) in [6.45, 7) is 6.26. The van der Waals surface area contributed by atoms with E-state index in [1.54, 1.807) is 19.1 Å². The van der Waals surface area contributed by atoms with Crippen LogP contribution >= 0.6 is 0 Å². The van der Waals surface area contributed by atoms with Gasteiger partial charge in [0.2, 0.25) is 0 Å². The fourth-order valence-corrected chi connectivity index (χ4v) is 2.47. The van der Waals surface area contributed by atoms with Gasteiger partial charge in [0.05, 0.1) is 23.5 Å². The van der Waals surface area contributed by atoms with E-state index in [-0.39, 0.29) is 5.97 Å². The van der Waals surface area contributed by atoms with Crippen LogP contribution in [0.3, 0.4) is 0 Å². The third-order valence-corrected chi connectivity index (χ3v) is 3.60. The lowest BCUT2D eigenvalue weighted by atomic mass is 10.1. The molecule has 0 aliphatic carbocycles. The van der Waals surface area contributed by atoms with Crippen LogP contribution in [0.2, 0.25) is 0 Å². The maximum absolute atomic E-state index is 11.7. The molecule has 0 saturated carbocycles. The van der Waals surface area contributed by atoms with Crippen LogP contribution in [0.1, 0.15) is 23.7 Å². The van der Waals surface area contributed by atoms with E-state index in [0.717, 1.165) is 38.3 Å². The average molecular weight is 277 g/mol. The molecule has 1 aliphatic rings. The van der Waals surface area contributed by atoms with E-state index in [9.17, 15) is 4.79 Å². The van der Waals surface area contributed by atoms with Crippen molar-refractivity contribution in [1.29, 1.82) is 0 Å². The van der Waals surface area contributed by atoms with Crippen molar-refractivity contribution >= 4 is 17.3 Å². The zero-order valence-electron chi connectivity index (χ0n) is 12.3. The molecular formula is C15H23N3O2. The lowest BCUT2D eigenvalue weighted by Gasteiger charge is -2.24. The van der Waals surface area contributed by atoms with Gasteiger partial charge in [0.1, 0.15) is 0 Å². The van der Waals surface area contributed by atoms with E-state index in [1.165, 1.54) is 0 Å². The van der Waals surface area contributed by atoms with Crippen molar-refractivity contribution in [3.63, 3.8) is 0 Å². The van der Waals surface area contributed by atoms with Crippen molar-refractivity contribution < 1.29 is 9.53 Å². The first-order valence-corrected chi connectivity index (χ1v) is 7.12. The van der Waals surface area contributed by atoms with Crippen molar-refractivity contribution in [2.75, 3.05) is 50.5 Å². The van der Waals surface area contributed by atoms with Gasteiger partial charge in [0.15, 0.2) is 0 Å². The average Bonchev–Trinajstić information content (AvgIpc) is 2.64. The summed E-state index contributed by atoms with van der Waals surface area (Å²) in [5.74, 6) is -0.318. The van der Waals surface area contributed by atoms with Crippen LogP contribution in [0.4, 0.5) is 11.4 Å². The minimum atomic E-state index is -0.318. The van der Waals surface area contributed by atoms with Gasteiger partial charge in [-0.3, -0.25) is 0 Å². The number of hydrogen-bond acceptors (Lipinski definition) is 5. The molecule has 0 unspecified atom stereocenters. The Hall–Kier alpha value is -1.75. The maximum atomic E-state index is 11.7. The number of anilines is 2. The van der Waals surface area contributed by atoms with Gasteiger partial charge in [-0.25, -0.2) is 4.79 Å². The lowest BCUT2D eigenvalue weighted by Crippen LogP contribution is -2.29. The fraction of sp³-hybridized carbons (Fsp3) is 0.533. The molecule has 1 saturated heterocycles.